The van der Waals surface area contributed by atoms with E-state index in [9.17, 15) is 0 Å². The zero-order valence-corrected chi connectivity index (χ0v) is 12.8. The molecule has 108 valence electrons. The van der Waals surface area contributed by atoms with E-state index in [2.05, 4.69) is 16.0 Å². The fourth-order valence-electron chi connectivity index (χ4n) is 2.49. The molecule has 0 aromatic heterocycles. The van der Waals surface area contributed by atoms with Gasteiger partial charge in [-0.25, -0.2) is 4.99 Å². The first kappa shape index (κ1) is 14.4. The van der Waals surface area contributed by atoms with Crippen LogP contribution in [0.25, 0.3) is 0 Å². The molecule has 5 heteroatoms. The van der Waals surface area contributed by atoms with E-state index < -0.39 is 0 Å². The van der Waals surface area contributed by atoms with Crippen LogP contribution >= 0.6 is 11.8 Å². The zero-order chi connectivity index (χ0) is 15.4. The minimum absolute atomic E-state index is 0.0724. The molecule has 2 heterocycles. The SMILES string of the molecule is N#CC(C#N)=C1N=C(c2ccccc2)C=C(N2CCCC2)S1. The van der Waals surface area contributed by atoms with E-state index in [1.165, 1.54) is 24.6 Å². The van der Waals surface area contributed by atoms with Gasteiger partial charge in [0.15, 0.2) is 5.57 Å². The van der Waals surface area contributed by atoms with Crippen molar-refractivity contribution < 1.29 is 0 Å². The second-order valence-electron chi connectivity index (χ2n) is 5.05. The Morgan fingerprint density at radius 2 is 1.77 bits per heavy atom. The highest BCUT2D eigenvalue weighted by Crippen LogP contribution is 2.37. The molecule has 0 radical (unpaired) electrons. The van der Waals surface area contributed by atoms with E-state index in [1.807, 2.05) is 42.5 Å². The summed E-state index contributed by atoms with van der Waals surface area (Å²) in [6, 6.07) is 13.8. The monoisotopic (exact) mass is 306 g/mol. The van der Waals surface area contributed by atoms with Crippen molar-refractivity contribution in [2.24, 2.45) is 4.99 Å². The lowest BCUT2D eigenvalue weighted by Crippen LogP contribution is -2.19. The summed E-state index contributed by atoms with van der Waals surface area (Å²) >= 11 is 1.42. The standard InChI is InChI=1S/C17H14N4S/c18-11-14(12-19)17-20-15(13-6-2-1-3-7-13)10-16(22-17)21-8-4-5-9-21/h1-3,6-7,10H,4-5,8-9H2. The number of allylic oxidation sites excluding steroid dienone is 2. The molecule has 2 aliphatic heterocycles. The summed E-state index contributed by atoms with van der Waals surface area (Å²) < 4.78 is 0. The zero-order valence-electron chi connectivity index (χ0n) is 12.0. The van der Waals surface area contributed by atoms with Crippen LogP contribution in [0, 0.1) is 22.7 Å². The summed E-state index contributed by atoms with van der Waals surface area (Å²) in [6.07, 6.45) is 4.41. The van der Waals surface area contributed by atoms with Gasteiger partial charge in [0.25, 0.3) is 0 Å². The second kappa shape index (κ2) is 6.51. The van der Waals surface area contributed by atoms with E-state index >= 15 is 0 Å². The third kappa shape index (κ3) is 2.90. The van der Waals surface area contributed by atoms with E-state index in [0.29, 0.717) is 5.03 Å². The summed E-state index contributed by atoms with van der Waals surface area (Å²) in [5.74, 6) is 0. The first-order chi connectivity index (χ1) is 10.8. The smallest absolute Gasteiger partial charge is 0.162 e. The number of hydrogen-bond donors (Lipinski definition) is 0. The van der Waals surface area contributed by atoms with Gasteiger partial charge in [0.05, 0.1) is 10.7 Å². The average Bonchev–Trinajstić information content (AvgIpc) is 3.11. The van der Waals surface area contributed by atoms with Crippen molar-refractivity contribution in [1.82, 2.24) is 4.90 Å². The summed E-state index contributed by atoms with van der Waals surface area (Å²) in [4.78, 5) is 6.83. The van der Waals surface area contributed by atoms with Gasteiger partial charge in [-0.1, -0.05) is 42.1 Å². The van der Waals surface area contributed by atoms with Gasteiger partial charge in [0, 0.05) is 18.7 Å². The summed E-state index contributed by atoms with van der Waals surface area (Å²) in [5, 5.41) is 19.8. The molecule has 0 unspecified atom stereocenters. The van der Waals surface area contributed by atoms with Gasteiger partial charge >= 0.3 is 0 Å². The predicted molar refractivity (Wildman–Crippen MR) is 87.7 cm³/mol. The van der Waals surface area contributed by atoms with Crippen LogP contribution in [0.5, 0.6) is 0 Å². The van der Waals surface area contributed by atoms with Crippen molar-refractivity contribution in [2.75, 3.05) is 13.1 Å². The lowest BCUT2D eigenvalue weighted by Gasteiger charge is -2.24. The normalized spacial score (nSPS) is 17.4. The van der Waals surface area contributed by atoms with Crippen molar-refractivity contribution in [3.8, 4) is 12.1 Å². The van der Waals surface area contributed by atoms with Gasteiger partial charge in [-0.3, -0.25) is 0 Å². The fraction of sp³-hybridized carbons (Fsp3) is 0.235. The Balaban J connectivity index is 2.06. The molecule has 0 spiro atoms. The number of thioether (sulfide) groups is 1. The Labute approximate surface area is 134 Å². The van der Waals surface area contributed by atoms with E-state index in [4.69, 9.17) is 10.5 Å². The number of likely N-dealkylation sites (tertiary alicyclic amines) is 1. The molecule has 3 rings (SSSR count). The van der Waals surface area contributed by atoms with E-state index in [1.54, 1.807) is 0 Å². The largest absolute Gasteiger partial charge is 0.366 e. The Morgan fingerprint density at radius 1 is 1.09 bits per heavy atom. The van der Waals surface area contributed by atoms with Crippen molar-refractivity contribution in [3.63, 3.8) is 0 Å². The molecule has 2 aliphatic rings. The Morgan fingerprint density at radius 3 is 2.41 bits per heavy atom. The van der Waals surface area contributed by atoms with Crippen LogP contribution in [-0.4, -0.2) is 23.7 Å². The van der Waals surface area contributed by atoms with Crippen LogP contribution in [-0.2, 0) is 0 Å². The number of benzene rings is 1. The predicted octanol–water partition coefficient (Wildman–Crippen LogP) is 3.42. The number of hydrogen-bond acceptors (Lipinski definition) is 5. The first-order valence-corrected chi connectivity index (χ1v) is 7.96. The molecule has 1 aromatic rings. The Hall–Kier alpha value is -2.50. The van der Waals surface area contributed by atoms with Crippen LogP contribution < -0.4 is 0 Å². The van der Waals surface area contributed by atoms with Gasteiger partial charge in [-0.2, -0.15) is 10.5 Å². The van der Waals surface area contributed by atoms with Crippen molar-refractivity contribution in [1.29, 1.82) is 10.5 Å². The molecule has 0 bridgehead atoms. The molecule has 0 amide bonds. The number of nitrogens with zero attached hydrogens (tertiary/aromatic N) is 4. The maximum absolute atomic E-state index is 9.14. The number of aliphatic imine (C=N–C) groups is 1. The van der Waals surface area contributed by atoms with Gasteiger partial charge in [0.1, 0.15) is 17.2 Å². The summed E-state index contributed by atoms with van der Waals surface area (Å²) in [6.45, 7) is 2.03. The molecule has 1 aromatic carbocycles. The minimum atomic E-state index is 0.0724. The van der Waals surface area contributed by atoms with Crippen molar-refractivity contribution in [2.45, 2.75) is 12.8 Å². The first-order valence-electron chi connectivity index (χ1n) is 7.15. The second-order valence-corrected chi connectivity index (χ2v) is 6.05. The molecular formula is C17H14N4S. The minimum Gasteiger partial charge on any atom is -0.366 e. The highest BCUT2D eigenvalue weighted by Gasteiger charge is 2.23. The third-order valence-electron chi connectivity index (χ3n) is 3.61. The van der Waals surface area contributed by atoms with Crippen molar-refractivity contribution >= 4 is 17.5 Å². The summed E-state index contributed by atoms with van der Waals surface area (Å²) in [5.41, 5.74) is 1.87. The molecule has 0 N–H and O–H groups in total. The molecule has 4 nitrogen and oxygen atoms in total. The maximum Gasteiger partial charge on any atom is 0.162 e. The molecule has 22 heavy (non-hydrogen) atoms. The molecule has 0 atom stereocenters. The van der Waals surface area contributed by atoms with Gasteiger partial charge in [-0.15, -0.1) is 0 Å². The molecule has 0 saturated carbocycles. The summed E-state index contributed by atoms with van der Waals surface area (Å²) in [7, 11) is 0. The topological polar surface area (TPSA) is 63.2 Å². The van der Waals surface area contributed by atoms with Gasteiger partial charge < -0.3 is 4.90 Å². The van der Waals surface area contributed by atoms with Crippen LogP contribution in [0.1, 0.15) is 18.4 Å². The highest BCUT2D eigenvalue weighted by molar-refractivity contribution is 8.06. The Bertz CT molecular complexity index is 725. The number of rotatable bonds is 2. The van der Waals surface area contributed by atoms with E-state index in [-0.39, 0.29) is 5.57 Å². The number of nitriles is 2. The average molecular weight is 306 g/mol. The van der Waals surface area contributed by atoms with Crippen molar-refractivity contribution in [3.05, 3.63) is 57.6 Å². The van der Waals surface area contributed by atoms with E-state index in [0.717, 1.165) is 29.4 Å². The van der Waals surface area contributed by atoms with Crippen LogP contribution in [0.4, 0.5) is 0 Å². The van der Waals surface area contributed by atoms with Gasteiger partial charge in [-0.05, 0) is 18.9 Å². The molecule has 1 fully saturated rings. The third-order valence-corrected chi connectivity index (χ3v) is 4.68. The lowest BCUT2D eigenvalue weighted by molar-refractivity contribution is 0.457. The van der Waals surface area contributed by atoms with Crippen LogP contribution in [0.2, 0.25) is 0 Å². The quantitative estimate of drug-likeness (QED) is 0.785. The highest BCUT2D eigenvalue weighted by atomic mass is 32.2. The maximum atomic E-state index is 9.14. The van der Waals surface area contributed by atoms with Crippen LogP contribution in [0.3, 0.4) is 0 Å². The Kier molecular flexibility index (Phi) is 4.27. The molecule has 0 aliphatic carbocycles. The fourth-order valence-corrected chi connectivity index (χ4v) is 3.51. The van der Waals surface area contributed by atoms with Gasteiger partial charge in [0.2, 0.25) is 0 Å². The molecule has 1 saturated heterocycles. The lowest BCUT2D eigenvalue weighted by atomic mass is 10.1. The van der Waals surface area contributed by atoms with Crippen LogP contribution in [0.15, 0.2) is 57.0 Å². The molecular weight excluding hydrogens is 292 g/mol.